The molecule has 0 amide bonds. The molecule has 3 saturated carbocycles. The molecule has 1 heteroatoms. The van der Waals surface area contributed by atoms with Crippen molar-refractivity contribution in [3.63, 3.8) is 0 Å². The van der Waals surface area contributed by atoms with Crippen LogP contribution in [0.25, 0.3) is 0 Å². The molecule has 0 unspecified atom stereocenters. The van der Waals surface area contributed by atoms with E-state index in [0.717, 1.165) is 12.8 Å². The Morgan fingerprint density at radius 2 is 2.30 bits per heavy atom. The van der Waals surface area contributed by atoms with Crippen molar-refractivity contribution in [3.8, 4) is 12.3 Å². The smallest absolute Gasteiger partial charge is 0.131 e. The first-order chi connectivity index (χ1) is 11.8. The van der Waals surface area contributed by atoms with Gasteiger partial charge in [-0.1, -0.05) is 36.6 Å². The van der Waals surface area contributed by atoms with Gasteiger partial charge in [0.1, 0.15) is 5.60 Å². The Balaban J connectivity index is 1.80. The monoisotopic (exact) mass is 314 g/mol. The first-order valence-corrected chi connectivity index (χ1v) is 9.38. The first kappa shape index (κ1) is 13.3. The molecule has 6 atom stereocenters. The summed E-state index contributed by atoms with van der Waals surface area (Å²) in [5, 5.41) is 11.4. The lowest BCUT2D eigenvalue weighted by Gasteiger charge is -2.56. The van der Waals surface area contributed by atoms with Gasteiger partial charge in [-0.2, -0.15) is 0 Å². The maximum atomic E-state index is 11.4. The Morgan fingerprint density at radius 3 is 3.04 bits per heavy atom. The molecule has 0 aromatic rings. The van der Waals surface area contributed by atoms with E-state index in [9.17, 15) is 5.11 Å². The maximum absolute atomic E-state index is 11.4. The Bertz CT molecular complexity index is 672. The van der Waals surface area contributed by atoms with Crippen molar-refractivity contribution in [3.05, 3.63) is 23.8 Å². The second kappa shape index (κ2) is 5.25. The number of fused-ring (bicyclic) bond motifs is 5. The van der Waals surface area contributed by atoms with Gasteiger partial charge in [-0.15, -0.1) is 6.42 Å². The first-order valence-electron chi connectivity index (χ1n) is 10.4. The van der Waals surface area contributed by atoms with Crippen LogP contribution in [0.15, 0.2) is 23.8 Å². The van der Waals surface area contributed by atoms with Gasteiger partial charge in [-0.3, -0.25) is 0 Å². The van der Waals surface area contributed by atoms with Crippen LogP contribution in [0, 0.1) is 41.4 Å². The molecule has 124 valence electrons. The predicted molar refractivity (Wildman–Crippen MR) is 94.6 cm³/mol. The largest absolute Gasteiger partial charge is 0.377 e. The molecular formula is C22H30O. The molecule has 4 aliphatic carbocycles. The zero-order valence-corrected chi connectivity index (χ0v) is 14.3. The van der Waals surface area contributed by atoms with E-state index in [4.69, 9.17) is 9.16 Å². The number of terminal acetylenes is 1. The molecule has 0 spiro atoms. The van der Waals surface area contributed by atoms with Gasteiger partial charge in [0.05, 0.1) is 0 Å². The van der Waals surface area contributed by atoms with E-state index < -0.39 is 17.4 Å². The summed E-state index contributed by atoms with van der Waals surface area (Å²) >= 11 is 0. The predicted octanol–water partition coefficient (Wildman–Crippen LogP) is 4.87. The highest BCUT2D eigenvalue weighted by atomic mass is 16.3. The summed E-state index contributed by atoms with van der Waals surface area (Å²) in [6.07, 6.45) is 14.2. The SMILES string of the molecule is [2H]C1([2H])C[C@H]2[C@@H]3CCC4=CCCC[C@@H]4[C@H]3C(=C)C[C@]2(CC)[C@]1(O)[13C]#[13CH]. The molecule has 0 aromatic heterocycles. The minimum absolute atomic E-state index is 0.160. The molecule has 23 heavy (non-hydrogen) atoms. The number of rotatable bonds is 1. The second-order valence-electron chi connectivity index (χ2n) is 8.23. The number of allylic oxidation sites excluding steroid dienone is 3. The Labute approximate surface area is 144 Å². The van der Waals surface area contributed by atoms with Gasteiger partial charge < -0.3 is 5.11 Å². The minimum atomic E-state index is -1.72. The van der Waals surface area contributed by atoms with E-state index in [1.54, 1.807) is 5.57 Å². The average molecular weight is 314 g/mol. The number of hydrogen-bond acceptors (Lipinski definition) is 1. The third kappa shape index (κ3) is 1.91. The average Bonchev–Trinajstić information content (AvgIpc) is 2.79. The number of aliphatic hydroxyl groups is 1. The fourth-order valence-corrected chi connectivity index (χ4v) is 6.59. The van der Waals surface area contributed by atoms with Crippen LogP contribution in [0.4, 0.5) is 0 Å². The van der Waals surface area contributed by atoms with Gasteiger partial charge in [-0.25, -0.2) is 0 Å². The number of hydrogen-bond donors (Lipinski definition) is 1. The van der Waals surface area contributed by atoms with E-state index in [0.29, 0.717) is 37.0 Å². The van der Waals surface area contributed by atoms with Crippen molar-refractivity contribution in [1.82, 2.24) is 0 Å². The van der Waals surface area contributed by atoms with Crippen molar-refractivity contribution in [1.29, 1.82) is 0 Å². The highest BCUT2D eigenvalue weighted by Gasteiger charge is 2.64. The lowest BCUT2D eigenvalue weighted by atomic mass is 9.49. The topological polar surface area (TPSA) is 20.2 Å². The van der Waals surface area contributed by atoms with Gasteiger partial charge in [0, 0.05) is 8.16 Å². The fourth-order valence-electron chi connectivity index (χ4n) is 6.59. The lowest BCUT2D eigenvalue weighted by Crippen LogP contribution is -2.54. The summed E-state index contributed by atoms with van der Waals surface area (Å²) < 4.78 is 17.1. The van der Waals surface area contributed by atoms with Crippen molar-refractivity contribution in [2.75, 3.05) is 0 Å². The van der Waals surface area contributed by atoms with E-state index in [-0.39, 0.29) is 5.92 Å². The Hall–Kier alpha value is -1.00. The zero-order valence-electron chi connectivity index (χ0n) is 16.3. The van der Waals surface area contributed by atoms with Crippen LogP contribution < -0.4 is 0 Å². The summed E-state index contributed by atoms with van der Waals surface area (Å²) in [6.45, 7) is 6.53. The van der Waals surface area contributed by atoms with E-state index in [1.165, 1.54) is 24.8 Å². The Kier molecular flexibility index (Phi) is 3.04. The highest BCUT2D eigenvalue weighted by molar-refractivity contribution is 5.32. The second-order valence-corrected chi connectivity index (χ2v) is 8.23. The van der Waals surface area contributed by atoms with Gasteiger partial charge in [0.2, 0.25) is 0 Å². The molecule has 0 aromatic carbocycles. The summed E-state index contributed by atoms with van der Waals surface area (Å²) in [4.78, 5) is 0. The molecule has 3 fully saturated rings. The van der Waals surface area contributed by atoms with E-state index in [2.05, 4.69) is 25.5 Å². The molecule has 0 heterocycles. The third-order valence-electron chi connectivity index (χ3n) is 7.64. The van der Waals surface area contributed by atoms with Gasteiger partial charge in [0.15, 0.2) is 0 Å². The highest BCUT2D eigenvalue weighted by Crippen LogP contribution is 2.67. The molecule has 1 nitrogen and oxygen atoms in total. The van der Waals surface area contributed by atoms with Crippen LogP contribution in [0.5, 0.6) is 0 Å². The molecule has 0 radical (unpaired) electrons. The maximum Gasteiger partial charge on any atom is 0.131 e. The van der Waals surface area contributed by atoms with Crippen molar-refractivity contribution >= 4 is 0 Å². The molecule has 0 aliphatic heterocycles. The molecule has 1 N–H and O–H groups in total. The van der Waals surface area contributed by atoms with Crippen LogP contribution in [0.1, 0.15) is 67.4 Å². The zero-order chi connectivity index (χ0) is 18.0. The molecule has 0 saturated heterocycles. The fraction of sp³-hybridized carbons (Fsp3) is 0.727. The molecular weight excluding hydrogens is 282 g/mol. The summed E-state index contributed by atoms with van der Waals surface area (Å²) in [5.41, 5.74) is 0.591. The summed E-state index contributed by atoms with van der Waals surface area (Å²) in [7, 11) is 0. The van der Waals surface area contributed by atoms with Crippen LogP contribution in [-0.4, -0.2) is 10.7 Å². The van der Waals surface area contributed by atoms with Crippen LogP contribution in [-0.2, 0) is 0 Å². The molecule has 4 aliphatic rings. The normalized spacial score (nSPS) is 52.2. The third-order valence-corrected chi connectivity index (χ3v) is 7.64. The van der Waals surface area contributed by atoms with Crippen LogP contribution in [0.2, 0.25) is 0 Å². The van der Waals surface area contributed by atoms with Gasteiger partial charge in [-0.05, 0) is 81.4 Å². The molecule has 0 bridgehead atoms. The minimum Gasteiger partial charge on any atom is -0.377 e. The molecule has 4 rings (SSSR count). The lowest BCUT2D eigenvalue weighted by molar-refractivity contribution is -0.0788. The van der Waals surface area contributed by atoms with E-state index >= 15 is 0 Å². The van der Waals surface area contributed by atoms with Crippen LogP contribution in [0.3, 0.4) is 0 Å². The van der Waals surface area contributed by atoms with Crippen LogP contribution >= 0.6 is 0 Å². The summed E-state index contributed by atoms with van der Waals surface area (Å²) in [5.74, 6) is 4.15. The standard InChI is InChI=1S/C22H30O/c1-4-21-14-15(3)20-17-9-7-6-8-16(17)10-11-18(20)19(21)12-13-22(21,23)5-2/h2,8,17-20,23H,3-4,6-7,9-14H2,1H3/t17-,18-,19-,20+,21-,22-/m0/s1/i2+1,5+1,13D2. The van der Waals surface area contributed by atoms with Crippen molar-refractivity contribution in [2.45, 2.75) is 70.3 Å². The van der Waals surface area contributed by atoms with Gasteiger partial charge >= 0.3 is 0 Å². The van der Waals surface area contributed by atoms with Crippen molar-refractivity contribution in [2.24, 2.45) is 29.1 Å². The van der Waals surface area contributed by atoms with Crippen molar-refractivity contribution < 1.29 is 7.85 Å². The van der Waals surface area contributed by atoms with E-state index in [1.807, 2.05) is 0 Å². The quantitative estimate of drug-likeness (QED) is 0.416. The Morgan fingerprint density at radius 1 is 1.48 bits per heavy atom. The van der Waals surface area contributed by atoms with Gasteiger partial charge in [0.25, 0.3) is 0 Å². The summed E-state index contributed by atoms with van der Waals surface area (Å²) in [6, 6.07) is 0.